The van der Waals surface area contributed by atoms with Crippen molar-refractivity contribution in [1.29, 1.82) is 0 Å². The lowest BCUT2D eigenvalue weighted by atomic mass is 10.1. The van der Waals surface area contributed by atoms with Crippen LogP contribution in [0.3, 0.4) is 0 Å². The van der Waals surface area contributed by atoms with Crippen LogP contribution in [0.15, 0.2) is 48.7 Å². The number of pyridine rings is 1. The second-order valence-electron chi connectivity index (χ2n) is 7.15. The Kier molecular flexibility index (Phi) is 7.33. The van der Waals surface area contributed by atoms with Crippen LogP contribution in [0, 0.1) is 13.8 Å². The maximum Gasteiger partial charge on any atom is 0.313 e. The number of rotatable bonds is 7. The standard InChI is InChI=1S/C23H26N6O3/c1-4-29-16(3)19(15(2)28-29)14-26-22(31)23(32)27-20-11-6-5-10-18(20)21(30)25-13-17-9-7-8-12-24-17/h5-12H,4,13-14H2,1-3H3,(H,25,30)(H,26,31)(H,27,32). The van der Waals surface area contributed by atoms with Crippen LogP contribution in [-0.4, -0.2) is 32.5 Å². The first kappa shape index (κ1) is 22.7. The Labute approximate surface area is 186 Å². The number of aryl methyl sites for hydroxylation is 2. The van der Waals surface area contributed by atoms with E-state index in [1.165, 1.54) is 0 Å². The Morgan fingerprint density at radius 1 is 0.938 bits per heavy atom. The van der Waals surface area contributed by atoms with Gasteiger partial charge in [0.1, 0.15) is 0 Å². The predicted molar refractivity (Wildman–Crippen MR) is 120 cm³/mol. The smallest absolute Gasteiger partial charge is 0.313 e. The second-order valence-corrected chi connectivity index (χ2v) is 7.15. The number of aromatic nitrogens is 3. The predicted octanol–water partition coefficient (Wildman–Crippen LogP) is 2.10. The minimum absolute atomic E-state index is 0.191. The number of para-hydroxylation sites is 1. The molecule has 32 heavy (non-hydrogen) atoms. The number of hydrogen-bond acceptors (Lipinski definition) is 5. The molecular weight excluding hydrogens is 408 g/mol. The Bertz CT molecular complexity index is 1120. The fourth-order valence-corrected chi connectivity index (χ4v) is 3.28. The quantitative estimate of drug-likeness (QED) is 0.492. The van der Waals surface area contributed by atoms with Gasteiger partial charge in [-0.15, -0.1) is 0 Å². The average molecular weight is 435 g/mol. The highest BCUT2D eigenvalue weighted by molar-refractivity contribution is 6.40. The van der Waals surface area contributed by atoms with E-state index < -0.39 is 11.8 Å². The first-order valence-corrected chi connectivity index (χ1v) is 10.3. The summed E-state index contributed by atoms with van der Waals surface area (Å²) in [6.07, 6.45) is 1.64. The Morgan fingerprint density at radius 2 is 1.69 bits per heavy atom. The van der Waals surface area contributed by atoms with Crippen LogP contribution in [0.2, 0.25) is 0 Å². The number of carbonyl (C=O) groups is 3. The van der Waals surface area contributed by atoms with Crippen molar-refractivity contribution < 1.29 is 14.4 Å². The second kappa shape index (κ2) is 10.3. The number of hydrogen-bond donors (Lipinski definition) is 3. The van der Waals surface area contributed by atoms with Crippen molar-refractivity contribution in [3.05, 3.63) is 76.9 Å². The molecule has 0 unspecified atom stereocenters. The van der Waals surface area contributed by atoms with Gasteiger partial charge < -0.3 is 16.0 Å². The molecule has 0 aliphatic rings. The molecule has 2 heterocycles. The van der Waals surface area contributed by atoms with E-state index in [2.05, 4.69) is 26.0 Å². The third-order valence-electron chi connectivity index (χ3n) is 5.04. The summed E-state index contributed by atoms with van der Waals surface area (Å²) in [5.41, 5.74) is 3.83. The maximum absolute atomic E-state index is 12.6. The van der Waals surface area contributed by atoms with Crippen molar-refractivity contribution in [3.8, 4) is 0 Å². The lowest BCUT2D eigenvalue weighted by Crippen LogP contribution is -2.36. The van der Waals surface area contributed by atoms with E-state index in [0.717, 1.165) is 23.5 Å². The molecule has 3 aromatic rings. The Morgan fingerprint density at radius 3 is 2.38 bits per heavy atom. The van der Waals surface area contributed by atoms with Gasteiger partial charge in [-0.2, -0.15) is 5.10 Å². The highest BCUT2D eigenvalue weighted by Gasteiger charge is 2.19. The van der Waals surface area contributed by atoms with E-state index in [4.69, 9.17) is 0 Å². The molecule has 0 saturated heterocycles. The van der Waals surface area contributed by atoms with Crippen LogP contribution < -0.4 is 16.0 Å². The molecule has 0 aliphatic heterocycles. The van der Waals surface area contributed by atoms with Gasteiger partial charge in [0.2, 0.25) is 0 Å². The Hall–Kier alpha value is -4.01. The molecular formula is C23H26N6O3. The first-order chi connectivity index (χ1) is 15.4. The number of carbonyl (C=O) groups excluding carboxylic acids is 3. The van der Waals surface area contributed by atoms with Crippen molar-refractivity contribution >= 4 is 23.4 Å². The molecule has 166 valence electrons. The van der Waals surface area contributed by atoms with Crippen LogP contribution in [0.5, 0.6) is 0 Å². The number of amides is 3. The van der Waals surface area contributed by atoms with Crippen LogP contribution in [0.4, 0.5) is 5.69 Å². The molecule has 0 bridgehead atoms. The van der Waals surface area contributed by atoms with Gasteiger partial charge in [0, 0.05) is 30.5 Å². The summed E-state index contributed by atoms with van der Waals surface area (Å²) in [5.74, 6) is -2.03. The third-order valence-corrected chi connectivity index (χ3v) is 5.04. The zero-order valence-corrected chi connectivity index (χ0v) is 18.3. The van der Waals surface area contributed by atoms with E-state index in [1.807, 2.05) is 31.5 Å². The highest BCUT2D eigenvalue weighted by Crippen LogP contribution is 2.16. The van der Waals surface area contributed by atoms with Crippen LogP contribution >= 0.6 is 0 Å². The molecule has 0 radical (unpaired) electrons. The topological polar surface area (TPSA) is 118 Å². The molecule has 3 amide bonds. The van der Waals surface area contributed by atoms with Crippen LogP contribution in [-0.2, 0) is 29.2 Å². The van der Waals surface area contributed by atoms with E-state index in [-0.39, 0.29) is 30.2 Å². The molecule has 2 aromatic heterocycles. The number of anilines is 1. The van der Waals surface area contributed by atoms with Gasteiger partial charge >= 0.3 is 11.8 Å². The lowest BCUT2D eigenvalue weighted by molar-refractivity contribution is -0.136. The number of nitrogens with one attached hydrogen (secondary N) is 3. The summed E-state index contributed by atoms with van der Waals surface area (Å²) in [5, 5.41) is 12.3. The van der Waals surface area contributed by atoms with E-state index in [0.29, 0.717) is 5.69 Å². The molecule has 0 atom stereocenters. The number of nitrogens with zero attached hydrogens (tertiary/aromatic N) is 3. The van der Waals surface area contributed by atoms with Crippen molar-refractivity contribution in [2.75, 3.05) is 5.32 Å². The molecule has 1 aromatic carbocycles. The SMILES string of the molecule is CCn1nc(C)c(CNC(=O)C(=O)Nc2ccccc2C(=O)NCc2ccccn2)c1C. The molecule has 3 rings (SSSR count). The summed E-state index contributed by atoms with van der Waals surface area (Å²) in [6.45, 7) is 6.92. The molecule has 0 aliphatic carbocycles. The maximum atomic E-state index is 12.6. The van der Waals surface area contributed by atoms with Gasteiger partial charge in [-0.25, -0.2) is 0 Å². The monoisotopic (exact) mass is 434 g/mol. The first-order valence-electron chi connectivity index (χ1n) is 10.3. The van der Waals surface area contributed by atoms with Gasteiger partial charge in [-0.1, -0.05) is 18.2 Å². The molecule has 3 N–H and O–H groups in total. The third kappa shape index (κ3) is 5.37. The van der Waals surface area contributed by atoms with Gasteiger partial charge in [0.25, 0.3) is 5.91 Å². The van der Waals surface area contributed by atoms with Gasteiger partial charge in [-0.05, 0) is 45.0 Å². The van der Waals surface area contributed by atoms with Crippen molar-refractivity contribution in [3.63, 3.8) is 0 Å². The van der Waals surface area contributed by atoms with E-state index in [1.54, 1.807) is 42.6 Å². The molecule has 9 heteroatoms. The van der Waals surface area contributed by atoms with Crippen molar-refractivity contribution in [1.82, 2.24) is 25.4 Å². The fourth-order valence-electron chi connectivity index (χ4n) is 3.28. The van der Waals surface area contributed by atoms with Gasteiger partial charge in [0.15, 0.2) is 0 Å². The average Bonchev–Trinajstić information content (AvgIpc) is 3.09. The number of benzene rings is 1. The summed E-state index contributed by atoms with van der Waals surface area (Å²) >= 11 is 0. The molecule has 0 spiro atoms. The zero-order chi connectivity index (χ0) is 23.1. The van der Waals surface area contributed by atoms with Gasteiger partial charge in [0.05, 0.1) is 29.2 Å². The minimum atomic E-state index is -0.854. The lowest BCUT2D eigenvalue weighted by Gasteiger charge is -2.11. The molecule has 9 nitrogen and oxygen atoms in total. The van der Waals surface area contributed by atoms with Crippen molar-refractivity contribution in [2.45, 2.75) is 40.4 Å². The summed E-state index contributed by atoms with van der Waals surface area (Å²) in [6, 6.07) is 11.9. The minimum Gasteiger partial charge on any atom is -0.346 e. The summed E-state index contributed by atoms with van der Waals surface area (Å²) < 4.78 is 1.84. The molecule has 0 fully saturated rings. The molecule has 0 saturated carbocycles. The Balaban J connectivity index is 1.62. The zero-order valence-electron chi connectivity index (χ0n) is 18.3. The fraction of sp³-hybridized carbons (Fsp3) is 0.261. The van der Waals surface area contributed by atoms with Crippen LogP contribution in [0.1, 0.15) is 39.9 Å². The summed E-state index contributed by atoms with van der Waals surface area (Å²) in [7, 11) is 0. The largest absolute Gasteiger partial charge is 0.346 e. The normalized spacial score (nSPS) is 10.5. The van der Waals surface area contributed by atoms with Crippen molar-refractivity contribution in [2.24, 2.45) is 0 Å². The van der Waals surface area contributed by atoms with Gasteiger partial charge in [-0.3, -0.25) is 24.0 Å². The van der Waals surface area contributed by atoms with Crippen LogP contribution in [0.25, 0.3) is 0 Å². The highest BCUT2D eigenvalue weighted by atomic mass is 16.2. The van der Waals surface area contributed by atoms with E-state index in [9.17, 15) is 14.4 Å². The summed E-state index contributed by atoms with van der Waals surface area (Å²) in [4.78, 5) is 41.6. The van der Waals surface area contributed by atoms with E-state index >= 15 is 0 Å².